The summed E-state index contributed by atoms with van der Waals surface area (Å²) in [6, 6.07) is 10.9. The number of methoxy groups -OCH3 is 2. The first-order valence-electron chi connectivity index (χ1n) is 6.10. The van der Waals surface area contributed by atoms with Crippen LogP contribution < -0.4 is 15.2 Å². The minimum atomic E-state index is 0.473. The number of aromatic nitrogens is 1. The number of oxazole rings is 1. The highest BCUT2D eigenvalue weighted by molar-refractivity contribution is 5.83. The largest absolute Gasteiger partial charge is 0.496 e. The lowest BCUT2D eigenvalue weighted by atomic mass is 10.2. The van der Waals surface area contributed by atoms with Gasteiger partial charge in [0.15, 0.2) is 11.1 Å². The average molecular weight is 270 g/mol. The molecule has 102 valence electrons. The molecule has 0 unspecified atom stereocenters. The van der Waals surface area contributed by atoms with Gasteiger partial charge in [-0.2, -0.15) is 0 Å². The number of ether oxygens (including phenoxy) is 2. The van der Waals surface area contributed by atoms with E-state index in [4.69, 9.17) is 19.6 Å². The lowest BCUT2D eigenvalue weighted by Crippen LogP contribution is -1.91. The van der Waals surface area contributed by atoms with Crippen molar-refractivity contribution in [3.63, 3.8) is 0 Å². The first-order chi connectivity index (χ1) is 9.72. The van der Waals surface area contributed by atoms with Crippen LogP contribution in [0.4, 0.5) is 5.69 Å². The van der Waals surface area contributed by atoms with E-state index >= 15 is 0 Å². The molecule has 2 aromatic carbocycles. The average Bonchev–Trinajstić information content (AvgIpc) is 2.90. The van der Waals surface area contributed by atoms with Crippen molar-refractivity contribution in [2.75, 3.05) is 20.0 Å². The third-order valence-electron chi connectivity index (χ3n) is 3.06. The molecule has 0 bridgehead atoms. The molecule has 0 radical (unpaired) electrons. The standard InChI is InChI=1S/C15H14N2O3/c1-18-11-4-3-5-12-14(11)17-15(20-12)10-7-6-9(16)8-13(10)19-2/h3-8H,16H2,1-2H3. The zero-order valence-electron chi connectivity index (χ0n) is 11.2. The molecule has 5 nitrogen and oxygen atoms in total. The molecule has 1 heterocycles. The lowest BCUT2D eigenvalue weighted by Gasteiger charge is -2.05. The highest BCUT2D eigenvalue weighted by Crippen LogP contribution is 2.35. The van der Waals surface area contributed by atoms with Gasteiger partial charge in [0.05, 0.1) is 19.8 Å². The molecule has 3 rings (SSSR count). The number of nitrogens with two attached hydrogens (primary N) is 1. The van der Waals surface area contributed by atoms with Crippen molar-refractivity contribution in [1.29, 1.82) is 0 Å². The zero-order chi connectivity index (χ0) is 14.1. The van der Waals surface area contributed by atoms with Gasteiger partial charge in [-0.1, -0.05) is 6.07 Å². The first kappa shape index (κ1) is 12.3. The van der Waals surface area contributed by atoms with Gasteiger partial charge in [-0.25, -0.2) is 4.98 Å². The minimum Gasteiger partial charge on any atom is -0.496 e. The van der Waals surface area contributed by atoms with Crippen LogP contribution in [0.3, 0.4) is 0 Å². The minimum absolute atomic E-state index is 0.473. The highest BCUT2D eigenvalue weighted by Gasteiger charge is 2.15. The van der Waals surface area contributed by atoms with Crippen LogP contribution in [0.25, 0.3) is 22.6 Å². The fraction of sp³-hybridized carbons (Fsp3) is 0.133. The molecule has 0 saturated heterocycles. The van der Waals surface area contributed by atoms with Crippen LogP contribution in [0.5, 0.6) is 11.5 Å². The van der Waals surface area contributed by atoms with Crippen molar-refractivity contribution in [2.45, 2.75) is 0 Å². The summed E-state index contributed by atoms with van der Waals surface area (Å²) in [5.41, 5.74) is 8.47. The van der Waals surface area contributed by atoms with E-state index in [9.17, 15) is 0 Å². The Labute approximate surface area is 115 Å². The molecule has 5 heteroatoms. The number of nitrogens with zero attached hydrogens (tertiary/aromatic N) is 1. The second kappa shape index (κ2) is 4.77. The fourth-order valence-corrected chi connectivity index (χ4v) is 2.09. The quantitative estimate of drug-likeness (QED) is 0.740. The SMILES string of the molecule is COc1cc(N)ccc1-c1nc2c(OC)cccc2o1. The Kier molecular flexibility index (Phi) is 2.95. The summed E-state index contributed by atoms with van der Waals surface area (Å²) in [4.78, 5) is 4.48. The van der Waals surface area contributed by atoms with Crippen LogP contribution in [-0.4, -0.2) is 19.2 Å². The van der Waals surface area contributed by atoms with E-state index < -0.39 is 0 Å². The first-order valence-corrected chi connectivity index (χ1v) is 6.10. The number of hydrogen-bond donors (Lipinski definition) is 1. The normalized spacial score (nSPS) is 10.7. The maximum atomic E-state index is 5.77. The van der Waals surface area contributed by atoms with Gasteiger partial charge in [0.1, 0.15) is 11.5 Å². The molecule has 1 aromatic heterocycles. The molecule has 0 aliphatic heterocycles. The van der Waals surface area contributed by atoms with Gasteiger partial charge in [0, 0.05) is 11.8 Å². The Morgan fingerprint density at radius 1 is 1.05 bits per heavy atom. The van der Waals surface area contributed by atoms with Gasteiger partial charge in [-0.05, 0) is 24.3 Å². The van der Waals surface area contributed by atoms with Crippen molar-refractivity contribution >= 4 is 16.8 Å². The molecular formula is C15H14N2O3. The van der Waals surface area contributed by atoms with Crippen molar-refractivity contribution < 1.29 is 13.9 Å². The molecule has 0 atom stereocenters. The predicted octanol–water partition coefficient (Wildman–Crippen LogP) is 3.09. The van der Waals surface area contributed by atoms with Crippen LogP contribution in [0.2, 0.25) is 0 Å². The van der Waals surface area contributed by atoms with Crippen LogP contribution in [-0.2, 0) is 0 Å². The van der Waals surface area contributed by atoms with Crippen molar-refractivity contribution in [3.05, 3.63) is 36.4 Å². The maximum Gasteiger partial charge on any atom is 0.231 e. The highest BCUT2D eigenvalue weighted by atomic mass is 16.5. The summed E-state index contributed by atoms with van der Waals surface area (Å²) in [5.74, 6) is 1.77. The summed E-state index contributed by atoms with van der Waals surface area (Å²) < 4.78 is 16.4. The van der Waals surface area contributed by atoms with E-state index in [2.05, 4.69) is 4.98 Å². The van der Waals surface area contributed by atoms with Crippen LogP contribution >= 0.6 is 0 Å². The van der Waals surface area contributed by atoms with Crippen molar-refractivity contribution in [2.24, 2.45) is 0 Å². The van der Waals surface area contributed by atoms with Crippen molar-refractivity contribution in [3.8, 4) is 23.0 Å². The molecule has 0 fully saturated rings. The van der Waals surface area contributed by atoms with Gasteiger partial charge in [0.25, 0.3) is 0 Å². The number of benzene rings is 2. The summed E-state index contributed by atoms with van der Waals surface area (Å²) in [7, 11) is 3.19. The third kappa shape index (κ3) is 1.93. The molecule has 0 saturated carbocycles. The monoisotopic (exact) mass is 270 g/mol. The van der Waals surface area contributed by atoms with Gasteiger partial charge in [-0.3, -0.25) is 0 Å². The molecular weight excluding hydrogens is 256 g/mol. The van der Waals surface area contributed by atoms with E-state index in [1.807, 2.05) is 24.3 Å². The smallest absolute Gasteiger partial charge is 0.231 e. The Morgan fingerprint density at radius 3 is 2.60 bits per heavy atom. The number of hydrogen-bond acceptors (Lipinski definition) is 5. The Balaban J connectivity index is 2.20. The maximum absolute atomic E-state index is 5.77. The zero-order valence-corrected chi connectivity index (χ0v) is 11.2. The number of anilines is 1. The van der Waals surface area contributed by atoms with Crippen LogP contribution in [0, 0.1) is 0 Å². The number of rotatable bonds is 3. The lowest BCUT2D eigenvalue weighted by molar-refractivity contribution is 0.415. The predicted molar refractivity (Wildman–Crippen MR) is 77.0 cm³/mol. The molecule has 2 N–H and O–H groups in total. The summed E-state index contributed by atoms with van der Waals surface area (Å²) >= 11 is 0. The van der Waals surface area contributed by atoms with Crippen LogP contribution in [0.1, 0.15) is 0 Å². The van der Waals surface area contributed by atoms with Gasteiger partial charge >= 0.3 is 0 Å². The topological polar surface area (TPSA) is 70.5 Å². The molecule has 0 amide bonds. The van der Waals surface area contributed by atoms with Gasteiger partial charge in [0.2, 0.25) is 5.89 Å². The fourth-order valence-electron chi connectivity index (χ4n) is 2.09. The van der Waals surface area contributed by atoms with E-state index in [1.54, 1.807) is 26.4 Å². The second-order valence-corrected chi connectivity index (χ2v) is 4.29. The van der Waals surface area contributed by atoms with Gasteiger partial charge < -0.3 is 19.6 Å². The summed E-state index contributed by atoms with van der Waals surface area (Å²) in [6.07, 6.45) is 0. The third-order valence-corrected chi connectivity index (χ3v) is 3.06. The molecule has 0 spiro atoms. The number of fused-ring (bicyclic) bond motifs is 1. The summed E-state index contributed by atoms with van der Waals surface area (Å²) in [5, 5.41) is 0. The van der Waals surface area contributed by atoms with E-state index in [1.165, 1.54) is 0 Å². The van der Waals surface area contributed by atoms with Gasteiger partial charge in [-0.15, -0.1) is 0 Å². The van der Waals surface area contributed by atoms with Crippen LogP contribution in [0.15, 0.2) is 40.8 Å². The summed E-state index contributed by atoms with van der Waals surface area (Å²) in [6.45, 7) is 0. The number of para-hydroxylation sites is 1. The van der Waals surface area contributed by atoms with E-state index in [0.717, 1.165) is 5.56 Å². The number of nitrogen functional groups attached to an aromatic ring is 1. The van der Waals surface area contributed by atoms with E-state index in [-0.39, 0.29) is 0 Å². The van der Waals surface area contributed by atoms with E-state index in [0.29, 0.717) is 34.2 Å². The Hall–Kier alpha value is -2.69. The molecule has 0 aliphatic carbocycles. The molecule has 3 aromatic rings. The second-order valence-electron chi connectivity index (χ2n) is 4.29. The molecule has 20 heavy (non-hydrogen) atoms. The van der Waals surface area contributed by atoms with Crippen molar-refractivity contribution in [1.82, 2.24) is 4.98 Å². The Bertz CT molecular complexity index is 765. The Morgan fingerprint density at radius 2 is 1.85 bits per heavy atom. The molecule has 0 aliphatic rings.